The summed E-state index contributed by atoms with van der Waals surface area (Å²) in [6, 6.07) is 4.92. The van der Waals surface area contributed by atoms with Crippen LogP contribution in [0.5, 0.6) is 0 Å². The van der Waals surface area contributed by atoms with Crippen LogP contribution >= 0.6 is 11.8 Å². The van der Waals surface area contributed by atoms with E-state index in [0.717, 1.165) is 4.90 Å². The number of hydrogen-bond acceptors (Lipinski definition) is 4. The molecule has 1 atom stereocenters. The zero-order valence-corrected chi connectivity index (χ0v) is 12.7. The Labute approximate surface area is 126 Å². The van der Waals surface area contributed by atoms with E-state index in [4.69, 9.17) is 5.11 Å². The number of aliphatic carboxylic acids is 1. The van der Waals surface area contributed by atoms with Gasteiger partial charge < -0.3 is 15.7 Å². The SMILES string of the molecule is CC1Sc2ccc(C(=O)NC(C)(C)C(=O)O)cc2NC1=O. The topological polar surface area (TPSA) is 95.5 Å². The van der Waals surface area contributed by atoms with Crippen molar-refractivity contribution in [3.8, 4) is 0 Å². The van der Waals surface area contributed by atoms with Crippen molar-refractivity contribution in [1.82, 2.24) is 5.32 Å². The minimum atomic E-state index is -1.36. The van der Waals surface area contributed by atoms with Crippen molar-refractivity contribution in [2.75, 3.05) is 5.32 Å². The molecule has 0 saturated heterocycles. The van der Waals surface area contributed by atoms with Gasteiger partial charge in [-0.2, -0.15) is 0 Å². The molecule has 1 unspecified atom stereocenters. The molecule has 7 heteroatoms. The van der Waals surface area contributed by atoms with Crippen LogP contribution in [0, 0.1) is 0 Å². The molecule has 112 valence electrons. The molecule has 1 aliphatic rings. The summed E-state index contributed by atoms with van der Waals surface area (Å²) >= 11 is 1.42. The largest absolute Gasteiger partial charge is 0.480 e. The minimum Gasteiger partial charge on any atom is -0.480 e. The zero-order chi connectivity index (χ0) is 15.8. The van der Waals surface area contributed by atoms with Gasteiger partial charge in [-0.15, -0.1) is 11.8 Å². The number of carboxylic acid groups (broad SMARTS) is 1. The maximum atomic E-state index is 12.1. The summed E-state index contributed by atoms with van der Waals surface area (Å²) in [6.07, 6.45) is 0. The Kier molecular flexibility index (Phi) is 3.95. The second kappa shape index (κ2) is 5.40. The van der Waals surface area contributed by atoms with Gasteiger partial charge in [-0.05, 0) is 39.0 Å². The summed E-state index contributed by atoms with van der Waals surface area (Å²) in [4.78, 5) is 35.7. The van der Waals surface area contributed by atoms with Crippen LogP contribution in [-0.4, -0.2) is 33.7 Å². The Morgan fingerprint density at radius 3 is 2.67 bits per heavy atom. The molecule has 0 aliphatic carbocycles. The number of hydrogen-bond donors (Lipinski definition) is 3. The van der Waals surface area contributed by atoms with Crippen LogP contribution in [0.2, 0.25) is 0 Å². The Hall–Kier alpha value is -2.02. The van der Waals surface area contributed by atoms with E-state index >= 15 is 0 Å². The average molecular weight is 308 g/mol. The van der Waals surface area contributed by atoms with E-state index in [2.05, 4.69) is 10.6 Å². The normalized spacial score (nSPS) is 17.7. The zero-order valence-electron chi connectivity index (χ0n) is 11.9. The number of benzene rings is 1. The molecule has 1 aromatic rings. The Balaban J connectivity index is 2.23. The molecule has 21 heavy (non-hydrogen) atoms. The summed E-state index contributed by atoms with van der Waals surface area (Å²) < 4.78 is 0. The molecule has 2 amide bonds. The van der Waals surface area contributed by atoms with Gasteiger partial charge in [0, 0.05) is 10.5 Å². The van der Waals surface area contributed by atoms with Crippen molar-refractivity contribution < 1.29 is 19.5 Å². The molecule has 0 fully saturated rings. The molecule has 3 N–H and O–H groups in total. The Morgan fingerprint density at radius 1 is 1.38 bits per heavy atom. The molecule has 1 aliphatic heterocycles. The van der Waals surface area contributed by atoms with E-state index < -0.39 is 17.4 Å². The molecule has 0 saturated carbocycles. The number of nitrogens with one attached hydrogen (secondary N) is 2. The maximum Gasteiger partial charge on any atom is 0.328 e. The van der Waals surface area contributed by atoms with Crippen molar-refractivity contribution in [2.24, 2.45) is 0 Å². The third kappa shape index (κ3) is 3.18. The predicted molar refractivity (Wildman–Crippen MR) is 79.6 cm³/mol. The lowest BCUT2D eigenvalue weighted by atomic mass is 10.0. The fourth-order valence-electron chi connectivity index (χ4n) is 1.76. The number of fused-ring (bicyclic) bond motifs is 1. The molecule has 2 rings (SSSR count). The van der Waals surface area contributed by atoms with Crippen LogP contribution in [0.25, 0.3) is 0 Å². The lowest BCUT2D eigenvalue weighted by Gasteiger charge is -2.23. The van der Waals surface area contributed by atoms with Crippen molar-refractivity contribution in [3.63, 3.8) is 0 Å². The summed E-state index contributed by atoms with van der Waals surface area (Å²) in [6.45, 7) is 4.62. The fraction of sp³-hybridized carbons (Fsp3) is 0.357. The quantitative estimate of drug-likeness (QED) is 0.790. The summed E-state index contributed by atoms with van der Waals surface area (Å²) in [5.41, 5.74) is -0.484. The van der Waals surface area contributed by atoms with E-state index in [1.807, 2.05) is 0 Å². The van der Waals surface area contributed by atoms with Gasteiger partial charge in [0.05, 0.1) is 10.9 Å². The minimum absolute atomic E-state index is 0.115. The molecule has 0 radical (unpaired) electrons. The molecule has 0 bridgehead atoms. The van der Waals surface area contributed by atoms with Gasteiger partial charge in [-0.3, -0.25) is 9.59 Å². The highest BCUT2D eigenvalue weighted by atomic mass is 32.2. The number of anilines is 1. The van der Waals surface area contributed by atoms with Gasteiger partial charge in [0.15, 0.2) is 0 Å². The number of carbonyl (C=O) groups is 3. The number of rotatable bonds is 3. The van der Waals surface area contributed by atoms with E-state index in [0.29, 0.717) is 11.3 Å². The summed E-state index contributed by atoms with van der Waals surface area (Å²) in [5, 5.41) is 14.0. The third-order valence-electron chi connectivity index (χ3n) is 3.13. The first-order chi connectivity index (χ1) is 9.70. The summed E-state index contributed by atoms with van der Waals surface area (Å²) in [7, 11) is 0. The average Bonchev–Trinajstić information content (AvgIpc) is 2.38. The fourth-order valence-corrected chi connectivity index (χ4v) is 2.69. The smallest absolute Gasteiger partial charge is 0.328 e. The molecule has 0 aromatic heterocycles. The molecular weight excluding hydrogens is 292 g/mol. The van der Waals surface area contributed by atoms with Crippen LogP contribution in [0.4, 0.5) is 5.69 Å². The number of carboxylic acids is 1. The molecule has 1 aromatic carbocycles. The van der Waals surface area contributed by atoms with E-state index in [9.17, 15) is 14.4 Å². The maximum absolute atomic E-state index is 12.1. The predicted octanol–water partition coefficient (Wildman–Crippen LogP) is 1.71. The summed E-state index contributed by atoms with van der Waals surface area (Å²) in [5.74, 6) is -1.73. The standard InChI is InChI=1S/C14H16N2O4S/c1-7-11(17)15-9-6-8(4-5-10(9)21-7)12(18)16-14(2,3)13(19)20/h4-7H,1-3H3,(H,15,17)(H,16,18)(H,19,20). The van der Waals surface area contributed by atoms with Gasteiger partial charge in [0.25, 0.3) is 5.91 Å². The van der Waals surface area contributed by atoms with Gasteiger partial charge in [-0.25, -0.2) is 4.79 Å². The van der Waals surface area contributed by atoms with E-state index in [1.165, 1.54) is 25.6 Å². The number of carbonyl (C=O) groups excluding carboxylic acids is 2. The van der Waals surface area contributed by atoms with Gasteiger partial charge in [0.1, 0.15) is 5.54 Å². The highest BCUT2D eigenvalue weighted by molar-refractivity contribution is 8.00. The van der Waals surface area contributed by atoms with Crippen molar-refractivity contribution >= 4 is 35.2 Å². The van der Waals surface area contributed by atoms with Crippen molar-refractivity contribution in [2.45, 2.75) is 36.5 Å². The number of amides is 2. The second-order valence-electron chi connectivity index (χ2n) is 5.34. The van der Waals surface area contributed by atoms with Crippen LogP contribution in [0.1, 0.15) is 31.1 Å². The number of thioether (sulfide) groups is 1. The first-order valence-corrected chi connectivity index (χ1v) is 7.26. The highest BCUT2D eigenvalue weighted by Crippen LogP contribution is 2.35. The first-order valence-electron chi connectivity index (χ1n) is 6.38. The van der Waals surface area contributed by atoms with E-state index in [1.54, 1.807) is 25.1 Å². The Morgan fingerprint density at radius 2 is 2.05 bits per heavy atom. The first kappa shape index (κ1) is 15.4. The van der Waals surface area contributed by atoms with Crippen molar-refractivity contribution in [3.05, 3.63) is 23.8 Å². The van der Waals surface area contributed by atoms with Gasteiger partial charge >= 0.3 is 5.97 Å². The van der Waals surface area contributed by atoms with E-state index in [-0.39, 0.29) is 11.2 Å². The lowest BCUT2D eigenvalue weighted by Crippen LogP contribution is -2.49. The van der Waals surface area contributed by atoms with Crippen molar-refractivity contribution in [1.29, 1.82) is 0 Å². The third-order valence-corrected chi connectivity index (χ3v) is 4.31. The van der Waals surface area contributed by atoms with Gasteiger partial charge in [-0.1, -0.05) is 0 Å². The second-order valence-corrected chi connectivity index (χ2v) is 6.73. The molecule has 6 nitrogen and oxygen atoms in total. The van der Waals surface area contributed by atoms with Crippen LogP contribution in [0.15, 0.2) is 23.1 Å². The molecular formula is C14H16N2O4S. The molecule has 1 heterocycles. The van der Waals surface area contributed by atoms with Crippen LogP contribution in [-0.2, 0) is 9.59 Å². The highest BCUT2D eigenvalue weighted by Gasteiger charge is 2.30. The lowest BCUT2D eigenvalue weighted by molar-refractivity contribution is -0.143. The van der Waals surface area contributed by atoms with Crippen LogP contribution < -0.4 is 10.6 Å². The van der Waals surface area contributed by atoms with Gasteiger partial charge in [0.2, 0.25) is 5.91 Å². The monoisotopic (exact) mass is 308 g/mol. The molecule has 0 spiro atoms. The Bertz CT molecular complexity index is 627. The van der Waals surface area contributed by atoms with Crippen LogP contribution in [0.3, 0.4) is 0 Å².